The van der Waals surface area contributed by atoms with E-state index in [1.54, 1.807) is 24.3 Å². The molecule has 21 heavy (non-hydrogen) atoms. The molecule has 0 spiro atoms. The monoisotopic (exact) mass is 374 g/mol. The average Bonchev–Trinajstić information content (AvgIpc) is 2.46. The summed E-state index contributed by atoms with van der Waals surface area (Å²) in [6.07, 6.45) is -0.487. The fourth-order valence-electron chi connectivity index (χ4n) is 1.58. The second-order valence-corrected chi connectivity index (χ2v) is 6.25. The highest BCUT2D eigenvalue weighted by molar-refractivity contribution is 9.09. The van der Waals surface area contributed by atoms with Crippen LogP contribution in [0.4, 0.5) is 0 Å². The molecule has 0 aliphatic heterocycles. The quantitative estimate of drug-likeness (QED) is 0.587. The largest absolute Gasteiger partial charge is 0.471 e. The lowest BCUT2D eigenvalue weighted by atomic mass is 9.80. The number of aliphatic hydroxyl groups excluding tert-OH is 1. The van der Waals surface area contributed by atoms with Crippen LogP contribution in [0.1, 0.15) is 13.8 Å². The maximum Gasteiger partial charge on any atom is 0.211 e. The van der Waals surface area contributed by atoms with Gasteiger partial charge in [-0.25, -0.2) is 0 Å². The van der Waals surface area contributed by atoms with Crippen molar-refractivity contribution in [2.24, 2.45) is 5.41 Å². The van der Waals surface area contributed by atoms with Gasteiger partial charge in [0.15, 0.2) is 11.6 Å². The Hall–Kier alpha value is -1.17. The Labute approximate surface area is 136 Å². The smallest absolute Gasteiger partial charge is 0.211 e. The lowest BCUT2D eigenvalue weighted by Crippen LogP contribution is -2.46. The standard InChI is InChI=1S/C15H16BrClO4/c1-4-11(18)12(19)15(2,3)13(20)14(16)21-10-7-5-9(17)6-8-10/h4-8,12,14,19H,1H2,2-3H3. The predicted octanol–water partition coefficient (Wildman–Crippen LogP) is 3.15. The van der Waals surface area contributed by atoms with Crippen molar-refractivity contribution in [2.75, 3.05) is 0 Å². The molecule has 0 aromatic heterocycles. The number of alkyl halides is 1. The number of ketones is 2. The molecule has 0 fully saturated rings. The van der Waals surface area contributed by atoms with E-state index in [1.807, 2.05) is 0 Å². The van der Waals surface area contributed by atoms with Crippen LogP contribution in [-0.4, -0.2) is 27.8 Å². The van der Waals surface area contributed by atoms with E-state index in [0.717, 1.165) is 6.08 Å². The van der Waals surface area contributed by atoms with Crippen molar-refractivity contribution in [1.82, 2.24) is 0 Å². The van der Waals surface area contributed by atoms with Gasteiger partial charge in [0.1, 0.15) is 11.9 Å². The van der Waals surface area contributed by atoms with Crippen LogP contribution < -0.4 is 4.74 Å². The first kappa shape index (κ1) is 17.9. The van der Waals surface area contributed by atoms with E-state index in [9.17, 15) is 14.7 Å². The van der Waals surface area contributed by atoms with Crippen LogP contribution in [0.5, 0.6) is 5.75 Å². The molecule has 0 saturated heterocycles. The highest BCUT2D eigenvalue weighted by Gasteiger charge is 2.42. The van der Waals surface area contributed by atoms with E-state index in [0.29, 0.717) is 10.8 Å². The summed E-state index contributed by atoms with van der Waals surface area (Å²) < 4.78 is 5.44. The molecule has 0 heterocycles. The summed E-state index contributed by atoms with van der Waals surface area (Å²) in [4.78, 5) is 23.8. The number of benzene rings is 1. The number of Topliss-reactive ketones (excluding diaryl/α,β-unsaturated/α-hetero) is 1. The second-order valence-electron chi connectivity index (χ2n) is 4.98. The van der Waals surface area contributed by atoms with Gasteiger partial charge in [-0.05, 0) is 60.1 Å². The Morgan fingerprint density at radius 2 is 1.90 bits per heavy atom. The Morgan fingerprint density at radius 3 is 2.38 bits per heavy atom. The number of carbonyl (C=O) groups excluding carboxylic acids is 2. The van der Waals surface area contributed by atoms with E-state index in [1.165, 1.54) is 13.8 Å². The first-order valence-corrected chi connectivity index (χ1v) is 7.44. The van der Waals surface area contributed by atoms with E-state index in [-0.39, 0.29) is 0 Å². The normalized spacial score (nSPS) is 14.1. The van der Waals surface area contributed by atoms with Gasteiger partial charge >= 0.3 is 0 Å². The molecule has 2 atom stereocenters. The lowest BCUT2D eigenvalue weighted by Gasteiger charge is -2.29. The minimum atomic E-state index is -1.48. The summed E-state index contributed by atoms with van der Waals surface area (Å²) in [6, 6.07) is 6.48. The van der Waals surface area contributed by atoms with Gasteiger partial charge < -0.3 is 9.84 Å². The highest BCUT2D eigenvalue weighted by Crippen LogP contribution is 2.29. The average molecular weight is 376 g/mol. The van der Waals surface area contributed by atoms with Crippen molar-refractivity contribution in [3.05, 3.63) is 41.9 Å². The molecular weight excluding hydrogens is 360 g/mol. The van der Waals surface area contributed by atoms with Crippen molar-refractivity contribution >= 4 is 39.1 Å². The molecule has 0 aliphatic rings. The van der Waals surface area contributed by atoms with Crippen LogP contribution in [0.15, 0.2) is 36.9 Å². The number of rotatable bonds is 7. The van der Waals surface area contributed by atoms with E-state index in [2.05, 4.69) is 22.5 Å². The topological polar surface area (TPSA) is 63.6 Å². The maximum atomic E-state index is 12.4. The Bertz CT molecular complexity index is 539. The molecule has 4 nitrogen and oxygen atoms in total. The van der Waals surface area contributed by atoms with Crippen LogP contribution in [0.25, 0.3) is 0 Å². The van der Waals surface area contributed by atoms with E-state index < -0.39 is 28.1 Å². The van der Waals surface area contributed by atoms with Crippen LogP contribution >= 0.6 is 27.5 Å². The summed E-state index contributed by atoms with van der Waals surface area (Å²) >= 11 is 8.88. The fraction of sp³-hybridized carbons (Fsp3) is 0.333. The summed E-state index contributed by atoms with van der Waals surface area (Å²) in [6.45, 7) is 6.25. The molecule has 1 aromatic rings. The molecule has 2 unspecified atom stereocenters. The third-order valence-electron chi connectivity index (χ3n) is 3.05. The van der Waals surface area contributed by atoms with Crippen LogP contribution in [0.3, 0.4) is 0 Å². The molecule has 0 amide bonds. The van der Waals surface area contributed by atoms with Crippen molar-refractivity contribution < 1.29 is 19.4 Å². The van der Waals surface area contributed by atoms with Gasteiger partial charge in [-0.2, -0.15) is 0 Å². The molecule has 1 aromatic carbocycles. The molecule has 0 bridgehead atoms. The Balaban J connectivity index is 2.83. The minimum absolute atomic E-state index is 0.440. The van der Waals surface area contributed by atoms with Gasteiger partial charge in [0, 0.05) is 5.02 Å². The molecular formula is C15H16BrClO4. The SMILES string of the molecule is C=CC(=O)C(O)C(C)(C)C(=O)C(Br)Oc1ccc(Cl)cc1. The summed E-state index contributed by atoms with van der Waals surface area (Å²) in [5.41, 5.74) is -1.31. The first-order valence-electron chi connectivity index (χ1n) is 6.15. The molecule has 0 aliphatic carbocycles. The van der Waals surface area contributed by atoms with Crippen molar-refractivity contribution in [3.8, 4) is 5.75 Å². The minimum Gasteiger partial charge on any atom is -0.471 e. The second kappa shape index (κ2) is 7.20. The molecule has 0 radical (unpaired) electrons. The van der Waals surface area contributed by atoms with Gasteiger partial charge in [-0.15, -0.1) is 0 Å². The predicted molar refractivity (Wildman–Crippen MR) is 84.8 cm³/mol. The summed E-state index contributed by atoms with van der Waals surface area (Å²) in [5.74, 6) is -0.630. The lowest BCUT2D eigenvalue weighted by molar-refractivity contribution is -0.143. The van der Waals surface area contributed by atoms with Crippen LogP contribution in [-0.2, 0) is 9.59 Å². The van der Waals surface area contributed by atoms with Crippen molar-refractivity contribution in [3.63, 3.8) is 0 Å². The molecule has 1 rings (SSSR count). The fourth-order valence-corrected chi connectivity index (χ4v) is 2.51. The highest BCUT2D eigenvalue weighted by atomic mass is 79.9. The van der Waals surface area contributed by atoms with Gasteiger partial charge in [0.05, 0.1) is 5.41 Å². The zero-order valence-corrected chi connectivity index (χ0v) is 14.0. The number of carbonyl (C=O) groups is 2. The van der Waals surface area contributed by atoms with Gasteiger partial charge in [0.25, 0.3) is 0 Å². The number of aliphatic hydroxyl groups is 1. The molecule has 6 heteroatoms. The number of hydrogen-bond acceptors (Lipinski definition) is 4. The van der Waals surface area contributed by atoms with Crippen molar-refractivity contribution in [2.45, 2.75) is 25.0 Å². The van der Waals surface area contributed by atoms with Gasteiger partial charge in [-0.3, -0.25) is 9.59 Å². The van der Waals surface area contributed by atoms with E-state index in [4.69, 9.17) is 16.3 Å². The first-order chi connectivity index (χ1) is 9.70. The van der Waals surface area contributed by atoms with E-state index >= 15 is 0 Å². The van der Waals surface area contributed by atoms with Crippen molar-refractivity contribution in [1.29, 1.82) is 0 Å². The number of halogens is 2. The third-order valence-corrected chi connectivity index (χ3v) is 3.90. The summed E-state index contributed by atoms with van der Waals surface area (Å²) in [5, 5.41) is 9.48. The number of hydrogen-bond donors (Lipinski definition) is 1. The zero-order chi connectivity index (χ0) is 16.2. The third kappa shape index (κ3) is 4.40. The molecule has 114 valence electrons. The zero-order valence-electron chi connectivity index (χ0n) is 11.7. The van der Waals surface area contributed by atoms with Gasteiger partial charge in [-0.1, -0.05) is 18.2 Å². The Kier molecular flexibility index (Phi) is 6.13. The Morgan fingerprint density at radius 1 is 1.38 bits per heavy atom. The number of ether oxygens (including phenoxy) is 1. The molecule has 1 N–H and O–H groups in total. The van der Waals surface area contributed by atoms with Gasteiger partial charge in [0.2, 0.25) is 5.01 Å². The van der Waals surface area contributed by atoms with Crippen LogP contribution in [0, 0.1) is 5.41 Å². The maximum absolute atomic E-state index is 12.4. The molecule has 0 saturated carbocycles. The van der Waals surface area contributed by atoms with Crippen LogP contribution in [0.2, 0.25) is 5.02 Å². The summed E-state index contributed by atoms with van der Waals surface area (Å²) in [7, 11) is 0.